The van der Waals surface area contributed by atoms with Crippen LogP contribution in [-0.2, 0) is 10.0 Å². The van der Waals surface area contributed by atoms with Crippen LogP contribution in [0.3, 0.4) is 0 Å². The van der Waals surface area contributed by atoms with Gasteiger partial charge in [0.2, 0.25) is 10.0 Å². The van der Waals surface area contributed by atoms with Gasteiger partial charge in [0.15, 0.2) is 0 Å². The van der Waals surface area contributed by atoms with Crippen molar-refractivity contribution in [3.05, 3.63) is 35.4 Å². The molecule has 1 saturated heterocycles. The molecule has 0 bridgehead atoms. The molecule has 1 aromatic carbocycles. The maximum atomic E-state index is 11.8. The van der Waals surface area contributed by atoms with Crippen LogP contribution in [0.5, 0.6) is 0 Å². The topological polar surface area (TPSA) is 37.4 Å². The summed E-state index contributed by atoms with van der Waals surface area (Å²) >= 11 is 0. The second-order valence-corrected chi connectivity index (χ2v) is 7.24. The van der Waals surface area contributed by atoms with Crippen LogP contribution < -0.4 is 0 Å². The molecule has 3 nitrogen and oxygen atoms in total. The molecule has 1 aliphatic heterocycles. The molecule has 0 N–H and O–H groups in total. The molecule has 1 aliphatic rings. The van der Waals surface area contributed by atoms with Gasteiger partial charge in [-0.25, -0.2) is 12.7 Å². The Morgan fingerprint density at radius 1 is 1.17 bits per heavy atom. The summed E-state index contributed by atoms with van der Waals surface area (Å²) in [4.78, 5) is 0. The predicted octanol–water partition coefficient (Wildman–Crippen LogP) is 2.52. The summed E-state index contributed by atoms with van der Waals surface area (Å²) in [5, 5.41) is 0. The molecular weight excluding hydrogens is 246 g/mol. The SMILES string of the molecule is CCS(=O)(=O)N1CCC(c2ccc(C)cc2)CC1. The first kappa shape index (κ1) is 13.6. The molecule has 1 fully saturated rings. The highest BCUT2D eigenvalue weighted by molar-refractivity contribution is 7.89. The van der Waals surface area contributed by atoms with E-state index < -0.39 is 10.0 Å². The molecule has 0 aliphatic carbocycles. The van der Waals surface area contributed by atoms with Gasteiger partial charge in [0.25, 0.3) is 0 Å². The van der Waals surface area contributed by atoms with E-state index in [1.165, 1.54) is 11.1 Å². The van der Waals surface area contributed by atoms with Crippen LogP contribution in [0.4, 0.5) is 0 Å². The van der Waals surface area contributed by atoms with Gasteiger partial charge in [-0.3, -0.25) is 0 Å². The summed E-state index contributed by atoms with van der Waals surface area (Å²) in [6.07, 6.45) is 1.87. The summed E-state index contributed by atoms with van der Waals surface area (Å²) in [6.45, 7) is 5.12. The van der Waals surface area contributed by atoms with E-state index in [1.807, 2.05) is 0 Å². The molecule has 0 unspecified atom stereocenters. The first-order valence-corrected chi connectivity index (χ1v) is 8.18. The lowest BCUT2D eigenvalue weighted by molar-refractivity contribution is 0.320. The van der Waals surface area contributed by atoms with E-state index in [4.69, 9.17) is 0 Å². The number of benzene rings is 1. The van der Waals surface area contributed by atoms with Crippen molar-refractivity contribution in [2.75, 3.05) is 18.8 Å². The lowest BCUT2D eigenvalue weighted by Crippen LogP contribution is -2.38. The van der Waals surface area contributed by atoms with Gasteiger partial charge in [-0.1, -0.05) is 29.8 Å². The zero-order valence-corrected chi connectivity index (χ0v) is 11.9. The Kier molecular flexibility index (Phi) is 4.07. The van der Waals surface area contributed by atoms with Crippen LogP contribution in [0, 0.1) is 6.92 Å². The summed E-state index contributed by atoms with van der Waals surface area (Å²) in [6, 6.07) is 8.60. The fraction of sp³-hybridized carbons (Fsp3) is 0.571. The quantitative estimate of drug-likeness (QED) is 0.844. The smallest absolute Gasteiger partial charge is 0.212 e. The Morgan fingerprint density at radius 3 is 2.22 bits per heavy atom. The zero-order chi connectivity index (χ0) is 13.2. The molecule has 100 valence electrons. The van der Waals surface area contributed by atoms with Crippen molar-refractivity contribution in [3.8, 4) is 0 Å². The monoisotopic (exact) mass is 267 g/mol. The first-order valence-electron chi connectivity index (χ1n) is 6.57. The van der Waals surface area contributed by atoms with E-state index in [2.05, 4.69) is 31.2 Å². The highest BCUT2D eigenvalue weighted by Gasteiger charge is 2.27. The van der Waals surface area contributed by atoms with E-state index >= 15 is 0 Å². The number of aryl methyl sites for hydroxylation is 1. The maximum Gasteiger partial charge on any atom is 0.213 e. The van der Waals surface area contributed by atoms with Crippen molar-refractivity contribution >= 4 is 10.0 Å². The maximum absolute atomic E-state index is 11.8. The average Bonchev–Trinajstić information content (AvgIpc) is 2.40. The van der Waals surface area contributed by atoms with Crippen LogP contribution in [-0.4, -0.2) is 31.6 Å². The molecule has 1 heterocycles. The zero-order valence-electron chi connectivity index (χ0n) is 11.1. The lowest BCUT2D eigenvalue weighted by atomic mass is 9.90. The Morgan fingerprint density at radius 2 is 1.72 bits per heavy atom. The number of nitrogens with zero attached hydrogens (tertiary/aromatic N) is 1. The number of sulfonamides is 1. The van der Waals surface area contributed by atoms with E-state index in [1.54, 1.807) is 11.2 Å². The summed E-state index contributed by atoms with van der Waals surface area (Å²) in [7, 11) is -3.00. The van der Waals surface area contributed by atoms with Crippen molar-refractivity contribution in [2.45, 2.75) is 32.6 Å². The van der Waals surface area contributed by atoms with E-state index in [0.29, 0.717) is 19.0 Å². The number of piperidine rings is 1. The van der Waals surface area contributed by atoms with Gasteiger partial charge in [-0.05, 0) is 38.2 Å². The standard InChI is InChI=1S/C14H21NO2S/c1-3-18(16,17)15-10-8-14(9-11-15)13-6-4-12(2)5-7-13/h4-7,14H,3,8-11H2,1-2H3. The van der Waals surface area contributed by atoms with Gasteiger partial charge in [0, 0.05) is 13.1 Å². The summed E-state index contributed by atoms with van der Waals surface area (Å²) in [5.41, 5.74) is 2.61. The van der Waals surface area contributed by atoms with Gasteiger partial charge in [-0.15, -0.1) is 0 Å². The molecule has 0 saturated carbocycles. The number of rotatable bonds is 3. The Balaban J connectivity index is 2.01. The molecule has 4 heteroatoms. The van der Waals surface area contributed by atoms with Crippen molar-refractivity contribution in [2.24, 2.45) is 0 Å². The number of hydrogen-bond donors (Lipinski definition) is 0. The van der Waals surface area contributed by atoms with Crippen LogP contribution in [0.2, 0.25) is 0 Å². The van der Waals surface area contributed by atoms with Crippen LogP contribution >= 0.6 is 0 Å². The van der Waals surface area contributed by atoms with Crippen molar-refractivity contribution in [1.29, 1.82) is 0 Å². The second kappa shape index (κ2) is 5.41. The molecule has 0 spiro atoms. The third-order valence-corrected chi connectivity index (χ3v) is 5.64. The van der Waals surface area contributed by atoms with Crippen LogP contribution in [0.1, 0.15) is 36.8 Å². The van der Waals surface area contributed by atoms with Gasteiger partial charge in [0.1, 0.15) is 0 Å². The molecule has 0 radical (unpaired) electrons. The minimum absolute atomic E-state index is 0.211. The first-order chi connectivity index (χ1) is 8.53. The predicted molar refractivity (Wildman–Crippen MR) is 74.2 cm³/mol. The molecule has 2 rings (SSSR count). The lowest BCUT2D eigenvalue weighted by Gasteiger charge is -2.31. The largest absolute Gasteiger partial charge is 0.213 e. The molecule has 0 aromatic heterocycles. The fourth-order valence-electron chi connectivity index (χ4n) is 2.49. The van der Waals surface area contributed by atoms with Crippen LogP contribution in [0.15, 0.2) is 24.3 Å². The summed E-state index contributed by atoms with van der Waals surface area (Å²) < 4.78 is 25.2. The van der Waals surface area contributed by atoms with Gasteiger partial charge < -0.3 is 0 Å². The van der Waals surface area contributed by atoms with Gasteiger partial charge >= 0.3 is 0 Å². The van der Waals surface area contributed by atoms with E-state index in [-0.39, 0.29) is 5.75 Å². The normalized spacial score (nSPS) is 19.0. The molecule has 0 atom stereocenters. The van der Waals surface area contributed by atoms with Gasteiger partial charge in [-0.2, -0.15) is 0 Å². The van der Waals surface area contributed by atoms with Crippen molar-refractivity contribution in [3.63, 3.8) is 0 Å². The minimum Gasteiger partial charge on any atom is -0.212 e. The number of hydrogen-bond acceptors (Lipinski definition) is 2. The molecule has 1 aromatic rings. The Bertz CT molecular complexity index is 485. The minimum atomic E-state index is -3.00. The third-order valence-electron chi connectivity index (χ3n) is 3.76. The van der Waals surface area contributed by atoms with Crippen molar-refractivity contribution < 1.29 is 8.42 Å². The third kappa shape index (κ3) is 2.93. The van der Waals surface area contributed by atoms with Crippen molar-refractivity contribution in [1.82, 2.24) is 4.31 Å². The molecular formula is C14H21NO2S. The Labute approximate surface area is 110 Å². The van der Waals surface area contributed by atoms with Gasteiger partial charge in [0.05, 0.1) is 5.75 Å². The summed E-state index contributed by atoms with van der Waals surface area (Å²) in [5.74, 6) is 0.719. The van der Waals surface area contributed by atoms with E-state index in [0.717, 1.165) is 12.8 Å². The highest BCUT2D eigenvalue weighted by Crippen LogP contribution is 2.29. The molecule has 18 heavy (non-hydrogen) atoms. The second-order valence-electron chi connectivity index (χ2n) is 4.98. The highest BCUT2D eigenvalue weighted by atomic mass is 32.2. The van der Waals surface area contributed by atoms with E-state index in [9.17, 15) is 8.42 Å². The Hall–Kier alpha value is -0.870. The molecule has 0 amide bonds. The fourth-order valence-corrected chi connectivity index (χ4v) is 3.62. The van der Waals surface area contributed by atoms with Crippen LogP contribution in [0.25, 0.3) is 0 Å². The average molecular weight is 267 g/mol.